The normalized spacial score (nSPS) is 19.5. The second kappa shape index (κ2) is 12.3. The standard InChI is InChI=1S/C20H34O3/c1-3-5-7-8-9-10-11-12-13-15-17(14-6-4-2)18-16-19(21)23-20(18)22/h6,14,17-18H,3-5,7-13,15-16H2,1-2H3/b14-6+. The highest BCUT2D eigenvalue weighted by molar-refractivity contribution is 5.94. The maximum absolute atomic E-state index is 11.8. The molecule has 23 heavy (non-hydrogen) atoms. The first-order valence-corrected chi connectivity index (χ1v) is 9.60. The van der Waals surface area contributed by atoms with Crippen LogP contribution in [-0.4, -0.2) is 11.9 Å². The summed E-state index contributed by atoms with van der Waals surface area (Å²) in [4.78, 5) is 23.1. The summed E-state index contributed by atoms with van der Waals surface area (Å²) in [6, 6.07) is 0. The van der Waals surface area contributed by atoms with E-state index in [9.17, 15) is 9.59 Å². The predicted molar refractivity (Wildman–Crippen MR) is 94.0 cm³/mol. The van der Waals surface area contributed by atoms with Crippen LogP contribution in [-0.2, 0) is 14.3 Å². The average Bonchev–Trinajstić information content (AvgIpc) is 2.87. The van der Waals surface area contributed by atoms with Gasteiger partial charge >= 0.3 is 11.9 Å². The lowest BCUT2D eigenvalue weighted by atomic mass is 9.86. The van der Waals surface area contributed by atoms with E-state index in [0.717, 1.165) is 19.3 Å². The molecule has 1 aliphatic rings. The average molecular weight is 322 g/mol. The highest BCUT2D eigenvalue weighted by atomic mass is 16.6. The van der Waals surface area contributed by atoms with Gasteiger partial charge in [-0.2, -0.15) is 0 Å². The molecule has 0 radical (unpaired) electrons. The number of hydrogen-bond acceptors (Lipinski definition) is 3. The number of cyclic esters (lactones) is 2. The van der Waals surface area contributed by atoms with Crippen molar-refractivity contribution >= 4 is 11.9 Å². The minimum Gasteiger partial charge on any atom is -0.393 e. The molecule has 2 unspecified atom stereocenters. The maximum Gasteiger partial charge on any atom is 0.317 e. The van der Waals surface area contributed by atoms with Gasteiger partial charge in [0.15, 0.2) is 0 Å². The Labute approximate surface area is 141 Å². The van der Waals surface area contributed by atoms with Crippen molar-refractivity contribution in [3.63, 3.8) is 0 Å². The molecular formula is C20H34O3. The van der Waals surface area contributed by atoms with Crippen LogP contribution in [0.4, 0.5) is 0 Å². The molecule has 1 aliphatic heterocycles. The van der Waals surface area contributed by atoms with E-state index in [-0.39, 0.29) is 30.2 Å². The summed E-state index contributed by atoms with van der Waals surface area (Å²) in [5.74, 6) is -0.767. The largest absolute Gasteiger partial charge is 0.393 e. The van der Waals surface area contributed by atoms with Gasteiger partial charge in [-0.05, 0) is 18.8 Å². The lowest BCUT2D eigenvalue weighted by Gasteiger charge is -2.16. The molecule has 0 aliphatic carbocycles. The molecule has 0 N–H and O–H groups in total. The van der Waals surface area contributed by atoms with Crippen molar-refractivity contribution in [2.24, 2.45) is 11.8 Å². The van der Waals surface area contributed by atoms with Gasteiger partial charge in [-0.1, -0.05) is 83.8 Å². The van der Waals surface area contributed by atoms with Gasteiger partial charge in [-0.25, -0.2) is 0 Å². The van der Waals surface area contributed by atoms with E-state index in [1.165, 1.54) is 51.4 Å². The Bertz CT molecular complexity index is 373. The smallest absolute Gasteiger partial charge is 0.317 e. The monoisotopic (exact) mass is 322 g/mol. The van der Waals surface area contributed by atoms with Crippen molar-refractivity contribution in [1.82, 2.24) is 0 Å². The zero-order chi connectivity index (χ0) is 16.9. The number of ether oxygens (including phenoxy) is 1. The van der Waals surface area contributed by atoms with Crippen LogP contribution in [0.5, 0.6) is 0 Å². The first kappa shape index (κ1) is 19.9. The molecule has 1 saturated heterocycles. The van der Waals surface area contributed by atoms with Gasteiger partial charge in [0, 0.05) is 0 Å². The second-order valence-electron chi connectivity index (χ2n) is 6.72. The first-order valence-electron chi connectivity index (χ1n) is 9.60. The lowest BCUT2D eigenvalue weighted by molar-refractivity contribution is -0.153. The molecule has 3 heteroatoms. The summed E-state index contributed by atoms with van der Waals surface area (Å²) in [7, 11) is 0. The second-order valence-corrected chi connectivity index (χ2v) is 6.72. The third-order valence-corrected chi connectivity index (χ3v) is 4.68. The molecule has 3 nitrogen and oxygen atoms in total. The Morgan fingerprint density at radius 2 is 1.61 bits per heavy atom. The maximum atomic E-state index is 11.8. The molecule has 0 aromatic heterocycles. The topological polar surface area (TPSA) is 43.4 Å². The van der Waals surface area contributed by atoms with Crippen molar-refractivity contribution in [3.8, 4) is 0 Å². The van der Waals surface area contributed by atoms with Gasteiger partial charge in [0.25, 0.3) is 0 Å². The number of carbonyl (C=O) groups is 2. The molecule has 0 spiro atoms. The minimum absolute atomic E-state index is 0.165. The number of rotatable bonds is 13. The zero-order valence-corrected chi connectivity index (χ0v) is 15.0. The predicted octanol–water partition coefficient (Wildman–Crippen LogP) is 5.58. The summed E-state index contributed by atoms with van der Waals surface area (Å²) in [6.07, 6.45) is 18.1. The van der Waals surface area contributed by atoms with E-state index in [4.69, 9.17) is 4.74 Å². The van der Waals surface area contributed by atoms with E-state index in [2.05, 4.69) is 26.0 Å². The van der Waals surface area contributed by atoms with Crippen LogP contribution in [0.25, 0.3) is 0 Å². The molecule has 0 aromatic rings. The van der Waals surface area contributed by atoms with Crippen LogP contribution in [0.15, 0.2) is 12.2 Å². The van der Waals surface area contributed by atoms with Crippen LogP contribution in [0.1, 0.15) is 90.9 Å². The Kier molecular flexibility index (Phi) is 10.7. The minimum atomic E-state index is -0.359. The molecule has 0 saturated carbocycles. The van der Waals surface area contributed by atoms with Crippen molar-refractivity contribution in [3.05, 3.63) is 12.2 Å². The fraction of sp³-hybridized carbons (Fsp3) is 0.800. The SMILES string of the molecule is CC/C=C/C(CCCCCCCCCCC)C1CC(=O)OC1=O. The number of carbonyl (C=O) groups excluding carboxylic acids is 2. The van der Waals surface area contributed by atoms with Gasteiger partial charge in [0.1, 0.15) is 0 Å². The van der Waals surface area contributed by atoms with Crippen molar-refractivity contribution < 1.29 is 14.3 Å². The molecule has 0 aromatic carbocycles. The number of hydrogen-bond donors (Lipinski definition) is 0. The Morgan fingerprint density at radius 1 is 1.00 bits per heavy atom. The Balaban J connectivity index is 2.21. The molecule has 1 heterocycles. The summed E-state index contributed by atoms with van der Waals surface area (Å²) < 4.78 is 4.71. The summed E-state index contributed by atoms with van der Waals surface area (Å²) in [5, 5.41) is 0. The van der Waals surface area contributed by atoms with Gasteiger partial charge in [-0.3, -0.25) is 9.59 Å². The third-order valence-electron chi connectivity index (χ3n) is 4.68. The van der Waals surface area contributed by atoms with Crippen LogP contribution in [0.2, 0.25) is 0 Å². The fourth-order valence-corrected chi connectivity index (χ4v) is 3.25. The van der Waals surface area contributed by atoms with Crippen LogP contribution < -0.4 is 0 Å². The first-order chi connectivity index (χ1) is 11.2. The van der Waals surface area contributed by atoms with E-state index in [1.807, 2.05) is 0 Å². The third kappa shape index (κ3) is 8.34. The van der Waals surface area contributed by atoms with Gasteiger partial charge in [0.05, 0.1) is 12.3 Å². The quantitative estimate of drug-likeness (QED) is 0.192. The Morgan fingerprint density at radius 3 is 2.13 bits per heavy atom. The van der Waals surface area contributed by atoms with Gasteiger partial charge < -0.3 is 4.74 Å². The van der Waals surface area contributed by atoms with E-state index >= 15 is 0 Å². The van der Waals surface area contributed by atoms with Crippen LogP contribution >= 0.6 is 0 Å². The molecule has 1 rings (SSSR count). The summed E-state index contributed by atoms with van der Waals surface area (Å²) >= 11 is 0. The number of unbranched alkanes of at least 4 members (excludes halogenated alkanes) is 8. The zero-order valence-electron chi connectivity index (χ0n) is 15.0. The van der Waals surface area contributed by atoms with Crippen LogP contribution in [0, 0.1) is 11.8 Å². The van der Waals surface area contributed by atoms with Crippen molar-refractivity contribution in [1.29, 1.82) is 0 Å². The molecule has 132 valence electrons. The van der Waals surface area contributed by atoms with E-state index in [0.29, 0.717) is 0 Å². The number of esters is 2. The summed E-state index contributed by atoms with van der Waals surface area (Å²) in [6.45, 7) is 4.33. The van der Waals surface area contributed by atoms with E-state index in [1.54, 1.807) is 0 Å². The molecule has 0 bridgehead atoms. The van der Waals surface area contributed by atoms with Crippen molar-refractivity contribution in [2.45, 2.75) is 90.9 Å². The Hall–Kier alpha value is -1.12. The molecular weight excluding hydrogens is 288 g/mol. The van der Waals surface area contributed by atoms with Crippen LogP contribution in [0.3, 0.4) is 0 Å². The summed E-state index contributed by atoms with van der Waals surface area (Å²) in [5.41, 5.74) is 0. The highest BCUT2D eigenvalue weighted by Gasteiger charge is 2.37. The number of allylic oxidation sites excluding steroid dienone is 2. The van der Waals surface area contributed by atoms with Crippen molar-refractivity contribution in [2.75, 3.05) is 0 Å². The molecule has 2 atom stereocenters. The highest BCUT2D eigenvalue weighted by Crippen LogP contribution is 2.30. The van der Waals surface area contributed by atoms with Gasteiger partial charge in [0.2, 0.25) is 0 Å². The fourth-order valence-electron chi connectivity index (χ4n) is 3.25. The lowest BCUT2D eigenvalue weighted by Crippen LogP contribution is -2.18. The van der Waals surface area contributed by atoms with E-state index < -0.39 is 0 Å². The molecule has 0 amide bonds. The molecule has 1 fully saturated rings. The van der Waals surface area contributed by atoms with Gasteiger partial charge in [-0.15, -0.1) is 0 Å².